The average Bonchev–Trinajstić information content (AvgIpc) is 2.71. The van der Waals surface area contributed by atoms with Gasteiger partial charge in [-0.05, 0) is 32.1 Å². The van der Waals surface area contributed by atoms with Gasteiger partial charge in [-0.25, -0.2) is 4.98 Å². The van der Waals surface area contributed by atoms with Crippen molar-refractivity contribution >= 4 is 17.3 Å². The van der Waals surface area contributed by atoms with E-state index in [1.165, 1.54) is 24.1 Å². The fourth-order valence-corrected chi connectivity index (χ4v) is 2.86. The third-order valence-electron chi connectivity index (χ3n) is 3.35. The Morgan fingerprint density at radius 2 is 1.90 bits per heavy atom. The fraction of sp³-hybridized carbons (Fsp3) is 0.750. The van der Waals surface area contributed by atoms with Crippen LogP contribution in [0.15, 0.2) is 4.99 Å². The Bertz CT molecular complexity index is 438. The standard InChI is InChI=1S/C16H30N4S/c1-12-13(2)21-14(20-12)11-19-15(17-6)18-10-8-7-9-16(3,4)5/h7-11H2,1-6H3,(H2,17,18,19). The van der Waals surface area contributed by atoms with Crippen LogP contribution < -0.4 is 10.6 Å². The zero-order valence-electron chi connectivity index (χ0n) is 14.3. The number of aromatic nitrogens is 1. The van der Waals surface area contributed by atoms with Crippen molar-refractivity contribution in [2.24, 2.45) is 10.4 Å². The second-order valence-corrected chi connectivity index (χ2v) is 7.91. The Balaban J connectivity index is 2.23. The average molecular weight is 311 g/mol. The van der Waals surface area contributed by atoms with Crippen LogP contribution in [-0.4, -0.2) is 24.5 Å². The minimum atomic E-state index is 0.431. The van der Waals surface area contributed by atoms with Gasteiger partial charge >= 0.3 is 0 Å². The topological polar surface area (TPSA) is 49.3 Å². The highest BCUT2D eigenvalue weighted by Crippen LogP contribution is 2.21. The van der Waals surface area contributed by atoms with Crippen LogP contribution in [0.25, 0.3) is 0 Å². The van der Waals surface area contributed by atoms with Gasteiger partial charge in [0.25, 0.3) is 0 Å². The third-order valence-corrected chi connectivity index (χ3v) is 4.42. The summed E-state index contributed by atoms with van der Waals surface area (Å²) in [5.74, 6) is 0.858. The molecule has 1 rings (SSSR count). The van der Waals surface area contributed by atoms with Gasteiger partial charge in [-0.2, -0.15) is 0 Å². The first-order valence-electron chi connectivity index (χ1n) is 7.69. The van der Waals surface area contributed by atoms with Crippen molar-refractivity contribution in [3.63, 3.8) is 0 Å². The van der Waals surface area contributed by atoms with Crippen LogP contribution in [0.5, 0.6) is 0 Å². The van der Waals surface area contributed by atoms with E-state index in [1.54, 1.807) is 11.3 Å². The lowest BCUT2D eigenvalue weighted by atomic mass is 9.90. The van der Waals surface area contributed by atoms with Gasteiger partial charge in [-0.1, -0.05) is 27.2 Å². The molecular formula is C16H30N4S. The lowest BCUT2D eigenvalue weighted by Gasteiger charge is -2.18. The molecule has 0 aliphatic rings. The summed E-state index contributed by atoms with van der Waals surface area (Å²) in [6.45, 7) is 12.7. The summed E-state index contributed by atoms with van der Waals surface area (Å²) < 4.78 is 0. The predicted octanol–water partition coefficient (Wildman–Crippen LogP) is 3.64. The van der Waals surface area contributed by atoms with Crippen LogP contribution in [-0.2, 0) is 6.54 Å². The van der Waals surface area contributed by atoms with E-state index in [1.807, 2.05) is 7.05 Å². The fourth-order valence-electron chi connectivity index (χ4n) is 1.98. The molecule has 0 saturated carbocycles. The molecule has 0 amide bonds. The monoisotopic (exact) mass is 310 g/mol. The first-order chi connectivity index (χ1) is 9.81. The minimum absolute atomic E-state index is 0.431. The molecule has 0 aliphatic heterocycles. The molecule has 21 heavy (non-hydrogen) atoms. The maximum Gasteiger partial charge on any atom is 0.191 e. The molecule has 1 aromatic heterocycles. The summed E-state index contributed by atoms with van der Waals surface area (Å²) in [6.07, 6.45) is 3.68. The molecule has 0 unspecified atom stereocenters. The number of thiazole rings is 1. The van der Waals surface area contributed by atoms with E-state index in [-0.39, 0.29) is 0 Å². The molecule has 2 N–H and O–H groups in total. The van der Waals surface area contributed by atoms with E-state index < -0.39 is 0 Å². The highest BCUT2D eigenvalue weighted by Gasteiger charge is 2.09. The summed E-state index contributed by atoms with van der Waals surface area (Å²) in [4.78, 5) is 10.1. The van der Waals surface area contributed by atoms with Gasteiger partial charge in [-0.15, -0.1) is 11.3 Å². The molecule has 1 aromatic rings. The maximum absolute atomic E-state index is 4.53. The van der Waals surface area contributed by atoms with E-state index in [2.05, 4.69) is 55.2 Å². The number of nitrogens with zero attached hydrogens (tertiary/aromatic N) is 2. The largest absolute Gasteiger partial charge is 0.356 e. The van der Waals surface area contributed by atoms with E-state index in [0.29, 0.717) is 5.41 Å². The third kappa shape index (κ3) is 7.46. The number of aryl methyl sites for hydroxylation is 2. The number of hydrogen-bond donors (Lipinski definition) is 2. The molecule has 0 radical (unpaired) electrons. The zero-order chi connectivity index (χ0) is 15.9. The molecule has 0 saturated heterocycles. The molecule has 0 fully saturated rings. The van der Waals surface area contributed by atoms with Crippen LogP contribution in [0.2, 0.25) is 0 Å². The van der Waals surface area contributed by atoms with Crippen molar-refractivity contribution in [3.8, 4) is 0 Å². The smallest absolute Gasteiger partial charge is 0.191 e. The van der Waals surface area contributed by atoms with E-state index in [9.17, 15) is 0 Å². The highest BCUT2D eigenvalue weighted by atomic mass is 32.1. The summed E-state index contributed by atoms with van der Waals surface area (Å²) in [5, 5.41) is 7.80. The number of hydrogen-bond acceptors (Lipinski definition) is 3. The van der Waals surface area contributed by atoms with Crippen molar-refractivity contribution in [2.75, 3.05) is 13.6 Å². The number of guanidine groups is 1. The lowest BCUT2D eigenvalue weighted by Crippen LogP contribution is -2.37. The van der Waals surface area contributed by atoms with E-state index in [4.69, 9.17) is 0 Å². The molecule has 4 nitrogen and oxygen atoms in total. The zero-order valence-corrected chi connectivity index (χ0v) is 15.2. The van der Waals surface area contributed by atoms with Crippen LogP contribution in [0, 0.1) is 19.3 Å². The summed E-state index contributed by atoms with van der Waals surface area (Å²) in [7, 11) is 1.81. The molecular weight excluding hydrogens is 280 g/mol. The van der Waals surface area contributed by atoms with Crippen molar-refractivity contribution in [1.29, 1.82) is 0 Å². The maximum atomic E-state index is 4.53. The number of rotatable bonds is 6. The molecule has 120 valence electrons. The van der Waals surface area contributed by atoms with E-state index >= 15 is 0 Å². The Kier molecular flexibility index (Phi) is 7.15. The second kappa shape index (κ2) is 8.37. The Morgan fingerprint density at radius 3 is 2.43 bits per heavy atom. The Morgan fingerprint density at radius 1 is 1.19 bits per heavy atom. The van der Waals surface area contributed by atoms with Gasteiger partial charge in [-0.3, -0.25) is 4.99 Å². The first-order valence-corrected chi connectivity index (χ1v) is 8.51. The SMILES string of the molecule is CN=C(NCCCCC(C)(C)C)NCc1nc(C)c(C)s1. The predicted molar refractivity (Wildman–Crippen MR) is 93.1 cm³/mol. The molecule has 0 bridgehead atoms. The molecule has 0 atom stereocenters. The minimum Gasteiger partial charge on any atom is -0.356 e. The van der Waals surface area contributed by atoms with Gasteiger partial charge in [0, 0.05) is 18.5 Å². The van der Waals surface area contributed by atoms with Crippen LogP contribution in [0.3, 0.4) is 0 Å². The van der Waals surface area contributed by atoms with Gasteiger partial charge in [0.15, 0.2) is 5.96 Å². The van der Waals surface area contributed by atoms with Crippen molar-refractivity contribution in [3.05, 3.63) is 15.6 Å². The second-order valence-electron chi connectivity index (χ2n) is 6.62. The van der Waals surface area contributed by atoms with Crippen LogP contribution in [0.1, 0.15) is 55.6 Å². The van der Waals surface area contributed by atoms with E-state index in [0.717, 1.165) is 29.8 Å². The normalized spacial score (nSPS) is 12.6. The summed E-state index contributed by atoms with van der Waals surface area (Å²) in [6, 6.07) is 0. The van der Waals surface area contributed by atoms with Gasteiger partial charge in [0.1, 0.15) is 5.01 Å². The quantitative estimate of drug-likeness (QED) is 0.479. The lowest BCUT2D eigenvalue weighted by molar-refractivity contribution is 0.360. The number of nitrogens with one attached hydrogen (secondary N) is 2. The van der Waals surface area contributed by atoms with Gasteiger partial charge in [0.05, 0.1) is 12.2 Å². The molecule has 0 aliphatic carbocycles. The van der Waals surface area contributed by atoms with Crippen LogP contribution >= 0.6 is 11.3 Å². The molecule has 0 spiro atoms. The van der Waals surface area contributed by atoms with Crippen molar-refractivity contribution in [1.82, 2.24) is 15.6 Å². The van der Waals surface area contributed by atoms with Crippen LogP contribution in [0.4, 0.5) is 0 Å². The summed E-state index contributed by atoms with van der Waals surface area (Å²) >= 11 is 1.75. The molecule has 1 heterocycles. The van der Waals surface area contributed by atoms with Crippen molar-refractivity contribution in [2.45, 2.75) is 60.4 Å². The first kappa shape index (κ1) is 18.0. The summed E-state index contributed by atoms with van der Waals surface area (Å²) in [5.41, 5.74) is 1.56. The van der Waals surface area contributed by atoms with Gasteiger partial charge < -0.3 is 10.6 Å². The molecule has 0 aromatic carbocycles. The number of unbranched alkanes of at least 4 members (excludes halogenated alkanes) is 1. The molecule has 5 heteroatoms. The van der Waals surface area contributed by atoms with Gasteiger partial charge in [0.2, 0.25) is 0 Å². The highest BCUT2D eigenvalue weighted by molar-refractivity contribution is 7.11. The number of aliphatic imine (C=N–C) groups is 1. The van der Waals surface area contributed by atoms with Crippen molar-refractivity contribution < 1.29 is 0 Å². The Hall–Kier alpha value is -1.10. The Labute approximate surface area is 133 Å².